The van der Waals surface area contributed by atoms with Gasteiger partial charge in [0.1, 0.15) is 0 Å². The number of nitrogens with zero attached hydrogens (tertiary/aromatic N) is 2. The zero-order chi connectivity index (χ0) is 8.93. The molecule has 0 N–H and O–H groups in total. The number of hydrogen-bond donors (Lipinski definition) is 0. The lowest BCUT2D eigenvalue weighted by molar-refractivity contribution is 1.09. The molecular weight excluding hydrogens is 160 g/mol. The van der Waals surface area contributed by atoms with Gasteiger partial charge in [-0.25, -0.2) is 5.01 Å². The summed E-state index contributed by atoms with van der Waals surface area (Å²) in [5.74, 6) is 0. The van der Waals surface area contributed by atoms with Crippen LogP contribution in [0.3, 0.4) is 0 Å². The predicted octanol–water partition coefficient (Wildman–Crippen LogP) is 2.56. The molecule has 0 aromatic heterocycles. The molecule has 0 bridgehead atoms. The summed E-state index contributed by atoms with van der Waals surface area (Å²) in [7, 11) is 0. The fraction of sp³-hybridized carbons (Fsp3) is 0. The molecule has 13 heavy (non-hydrogen) atoms. The van der Waals surface area contributed by atoms with Crippen LogP contribution in [-0.4, -0.2) is 6.21 Å². The van der Waals surface area contributed by atoms with Crippen LogP contribution in [0.5, 0.6) is 0 Å². The molecule has 1 aliphatic rings. The van der Waals surface area contributed by atoms with Crippen molar-refractivity contribution in [3.05, 3.63) is 54.8 Å². The van der Waals surface area contributed by atoms with E-state index in [1.807, 2.05) is 59.8 Å². The minimum Gasteiger partial charge on any atom is -0.241 e. The predicted molar refractivity (Wildman–Crippen MR) is 55.7 cm³/mol. The molecule has 2 rings (SSSR count). The lowest BCUT2D eigenvalue weighted by Crippen LogP contribution is -2.05. The molecule has 1 aliphatic heterocycles. The maximum atomic E-state index is 4.23. The van der Waals surface area contributed by atoms with Crippen molar-refractivity contribution < 1.29 is 0 Å². The van der Waals surface area contributed by atoms with Crippen molar-refractivity contribution in [1.29, 1.82) is 0 Å². The molecule has 0 radical (unpaired) electrons. The summed E-state index contributed by atoms with van der Waals surface area (Å²) >= 11 is 0. The van der Waals surface area contributed by atoms with Crippen molar-refractivity contribution in [2.24, 2.45) is 5.10 Å². The standard InChI is InChI=1S/C11H10N2/c1-3-7-11(8-4-1)13-10-6-2-5-9-12-13/h1-10H. The lowest BCUT2D eigenvalue weighted by atomic mass is 10.3. The molecule has 0 spiro atoms. The third kappa shape index (κ3) is 1.85. The van der Waals surface area contributed by atoms with Crippen molar-refractivity contribution in [2.75, 3.05) is 5.01 Å². The largest absolute Gasteiger partial charge is 0.241 e. The summed E-state index contributed by atoms with van der Waals surface area (Å²) in [6.45, 7) is 0. The zero-order valence-corrected chi connectivity index (χ0v) is 7.17. The van der Waals surface area contributed by atoms with Crippen LogP contribution in [-0.2, 0) is 0 Å². The highest BCUT2D eigenvalue weighted by molar-refractivity contribution is 5.74. The molecule has 64 valence electrons. The van der Waals surface area contributed by atoms with Gasteiger partial charge in [-0.2, -0.15) is 5.10 Å². The average Bonchev–Trinajstić information content (AvgIpc) is 2.47. The van der Waals surface area contributed by atoms with Crippen LogP contribution in [0.15, 0.2) is 59.9 Å². The summed E-state index contributed by atoms with van der Waals surface area (Å²) in [5.41, 5.74) is 1.07. The monoisotopic (exact) mass is 170 g/mol. The Morgan fingerprint density at radius 2 is 1.77 bits per heavy atom. The van der Waals surface area contributed by atoms with Gasteiger partial charge in [-0.3, -0.25) is 0 Å². The molecule has 0 aliphatic carbocycles. The first-order chi connectivity index (χ1) is 6.47. The van der Waals surface area contributed by atoms with Gasteiger partial charge < -0.3 is 0 Å². The van der Waals surface area contributed by atoms with Gasteiger partial charge in [0, 0.05) is 12.4 Å². The molecule has 0 unspecified atom stereocenters. The zero-order valence-electron chi connectivity index (χ0n) is 7.17. The maximum Gasteiger partial charge on any atom is 0.0645 e. The molecule has 1 heterocycles. The summed E-state index contributed by atoms with van der Waals surface area (Å²) in [5, 5.41) is 6.06. The third-order valence-electron chi connectivity index (χ3n) is 1.75. The second-order valence-electron chi connectivity index (χ2n) is 2.67. The Hall–Kier alpha value is -1.83. The second kappa shape index (κ2) is 3.72. The van der Waals surface area contributed by atoms with Crippen molar-refractivity contribution in [1.82, 2.24) is 0 Å². The fourth-order valence-corrected chi connectivity index (χ4v) is 1.13. The third-order valence-corrected chi connectivity index (χ3v) is 1.75. The first-order valence-electron chi connectivity index (χ1n) is 4.18. The Morgan fingerprint density at radius 3 is 2.62 bits per heavy atom. The summed E-state index contributed by atoms with van der Waals surface area (Å²) < 4.78 is 0. The Morgan fingerprint density at radius 1 is 0.923 bits per heavy atom. The van der Waals surface area contributed by atoms with E-state index in [0.717, 1.165) is 5.69 Å². The SMILES string of the molecule is C1=CC=NN(c2ccccc2)C=C1. The van der Waals surface area contributed by atoms with Crippen molar-refractivity contribution in [3.8, 4) is 0 Å². The number of allylic oxidation sites excluding steroid dienone is 3. The second-order valence-corrected chi connectivity index (χ2v) is 2.67. The number of benzene rings is 1. The van der Waals surface area contributed by atoms with E-state index in [1.54, 1.807) is 6.21 Å². The van der Waals surface area contributed by atoms with Gasteiger partial charge in [0.2, 0.25) is 0 Å². The minimum absolute atomic E-state index is 1.07. The molecule has 1 aromatic carbocycles. The highest BCUT2D eigenvalue weighted by Gasteiger charge is 1.98. The maximum absolute atomic E-state index is 4.23. The van der Waals surface area contributed by atoms with Crippen LogP contribution in [0.25, 0.3) is 0 Å². The molecule has 0 atom stereocenters. The highest BCUT2D eigenvalue weighted by atomic mass is 15.4. The normalized spacial score (nSPS) is 14.6. The average molecular weight is 170 g/mol. The van der Waals surface area contributed by atoms with Crippen LogP contribution >= 0.6 is 0 Å². The van der Waals surface area contributed by atoms with E-state index in [4.69, 9.17) is 0 Å². The number of hydrogen-bond acceptors (Lipinski definition) is 2. The fourth-order valence-electron chi connectivity index (χ4n) is 1.13. The number of para-hydroxylation sites is 1. The Bertz CT molecular complexity index is 334. The van der Waals surface area contributed by atoms with Gasteiger partial charge in [-0.1, -0.05) is 24.3 Å². The van der Waals surface area contributed by atoms with Gasteiger partial charge in [0.15, 0.2) is 0 Å². The van der Waals surface area contributed by atoms with E-state index in [1.165, 1.54) is 0 Å². The van der Waals surface area contributed by atoms with Crippen molar-refractivity contribution >= 4 is 11.9 Å². The Balaban J connectivity index is 2.27. The number of hydrazone groups is 1. The van der Waals surface area contributed by atoms with E-state index in [0.29, 0.717) is 0 Å². The molecular formula is C11H10N2. The smallest absolute Gasteiger partial charge is 0.0645 e. The Kier molecular flexibility index (Phi) is 2.23. The van der Waals surface area contributed by atoms with Crippen LogP contribution in [0.4, 0.5) is 5.69 Å². The van der Waals surface area contributed by atoms with Gasteiger partial charge in [-0.05, 0) is 24.3 Å². The van der Waals surface area contributed by atoms with E-state index >= 15 is 0 Å². The highest BCUT2D eigenvalue weighted by Crippen LogP contribution is 2.14. The van der Waals surface area contributed by atoms with Crippen molar-refractivity contribution in [2.45, 2.75) is 0 Å². The van der Waals surface area contributed by atoms with E-state index < -0.39 is 0 Å². The quantitative estimate of drug-likeness (QED) is 0.632. The first kappa shape index (κ1) is 7.80. The molecule has 0 saturated carbocycles. The van der Waals surface area contributed by atoms with Crippen LogP contribution < -0.4 is 5.01 Å². The van der Waals surface area contributed by atoms with Gasteiger partial charge in [0.05, 0.1) is 5.69 Å². The van der Waals surface area contributed by atoms with Crippen molar-refractivity contribution in [3.63, 3.8) is 0 Å². The topological polar surface area (TPSA) is 15.6 Å². The summed E-state index contributed by atoms with van der Waals surface area (Å²) in [6, 6.07) is 10.0. The van der Waals surface area contributed by atoms with Gasteiger partial charge in [-0.15, -0.1) is 0 Å². The van der Waals surface area contributed by atoms with Crippen LogP contribution in [0, 0.1) is 0 Å². The molecule has 0 fully saturated rings. The molecule has 1 aromatic rings. The molecule has 0 amide bonds. The first-order valence-corrected chi connectivity index (χ1v) is 4.18. The Labute approximate surface area is 77.5 Å². The van der Waals surface area contributed by atoms with Crippen LogP contribution in [0.2, 0.25) is 0 Å². The van der Waals surface area contributed by atoms with Gasteiger partial charge in [0.25, 0.3) is 0 Å². The molecule has 2 heteroatoms. The molecule has 2 nitrogen and oxygen atoms in total. The lowest BCUT2D eigenvalue weighted by Gasteiger charge is -2.12. The van der Waals surface area contributed by atoms with Crippen LogP contribution in [0.1, 0.15) is 0 Å². The summed E-state index contributed by atoms with van der Waals surface area (Å²) in [4.78, 5) is 0. The summed E-state index contributed by atoms with van der Waals surface area (Å²) in [6.07, 6.45) is 9.51. The molecule has 0 saturated heterocycles. The van der Waals surface area contributed by atoms with E-state index in [9.17, 15) is 0 Å². The number of rotatable bonds is 1. The minimum atomic E-state index is 1.07. The van der Waals surface area contributed by atoms with E-state index in [2.05, 4.69) is 5.10 Å². The van der Waals surface area contributed by atoms with E-state index in [-0.39, 0.29) is 0 Å². The number of anilines is 1. The van der Waals surface area contributed by atoms with Gasteiger partial charge >= 0.3 is 0 Å².